The number of carbonyl (C=O) groups excluding carboxylic acids is 1. The van der Waals surface area contributed by atoms with Crippen molar-refractivity contribution in [1.82, 2.24) is 0 Å². The largest absolute Gasteiger partial charge is 0.353 e. The molecular formula is C19H34O3. The van der Waals surface area contributed by atoms with Gasteiger partial charge in [-0.2, -0.15) is 0 Å². The lowest BCUT2D eigenvalue weighted by molar-refractivity contribution is -0.189. The lowest BCUT2D eigenvalue weighted by Crippen LogP contribution is -2.28. The number of hydrogen-bond acceptors (Lipinski definition) is 3. The molecule has 128 valence electrons. The first-order chi connectivity index (χ1) is 10.9. The first-order valence-corrected chi connectivity index (χ1v) is 9.22. The number of hydrogen-bond donors (Lipinski definition) is 0. The molecule has 0 N–H and O–H groups in total. The van der Waals surface area contributed by atoms with Gasteiger partial charge in [0.15, 0.2) is 6.29 Å². The Kier molecular flexibility index (Phi) is 12.3. The van der Waals surface area contributed by atoms with E-state index in [1.54, 1.807) is 0 Å². The van der Waals surface area contributed by atoms with Crippen LogP contribution in [0.4, 0.5) is 0 Å². The third-order valence-corrected chi connectivity index (χ3v) is 4.14. The standard InChI is InChI=1S/C19H34O3/c1-2-3-4-5-6-7-8-9-10-13-18(15-16-20)22-19-14-11-12-17-21-19/h8-9,16,18-19H,2-7,10-15,17H2,1H3/t18?,19-/m1/s1. The van der Waals surface area contributed by atoms with Gasteiger partial charge in [0, 0.05) is 13.0 Å². The van der Waals surface area contributed by atoms with Crippen LogP contribution in [0, 0.1) is 0 Å². The molecule has 1 heterocycles. The van der Waals surface area contributed by atoms with Gasteiger partial charge in [-0.05, 0) is 44.9 Å². The smallest absolute Gasteiger partial charge is 0.157 e. The zero-order chi connectivity index (χ0) is 15.9. The van der Waals surface area contributed by atoms with Crippen molar-refractivity contribution in [3.05, 3.63) is 12.2 Å². The van der Waals surface area contributed by atoms with Crippen molar-refractivity contribution in [3.8, 4) is 0 Å². The summed E-state index contributed by atoms with van der Waals surface area (Å²) in [6.45, 7) is 3.03. The predicted molar refractivity (Wildman–Crippen MR) is 90.9 cm³/mol. The van der Waals surface area contributed by atoms with Gasteiger partial charge >= 0.3 is 0 Å². The Morgan fingerprint density at radius 2 is 1.95 bits per heavy atom. The second kappa shape index (κ2) is 14.0. The first-order valence-electron chi connectivity index (χ1n) is 9.22. The first kappa shape index (κ1) is 19.4. The van der Waals surface area contributed by atoms with Gasteiger partial charge in [-0.1, -0.05) is 44.8 Å². The van der Waals surface area contributed by atoms with Crippen LogP contribution in [0.3, 0.4) is 0 Å². The molecule has 0 aromatic heterocycles. The Morgan fingerprint density at radius 3 is 2.68 bits per heavy atom. The summed E-state index contributed by atoms with van der Waals surface area (Å²) in [4.78, 5) is 10.8. The molecule has 0 amide bonds. The van der Waals surface area contributed by atoms with Crippen LogP contribution in [-0.4, -0.2) is 25.3 Å². The van der Waals surface area contributed by atoms with Crippen LogP contribution in [-0.2, 0) is 14.3 Å². The highest BCUT2D eigenvalue weighted by Gasteiger charge is 2.19. The number of rotatable bonds is 13. The van der Waals surface area contributed by atoms with Crippen molar-refractivity contribution in [1.29, 1.82) is 0 Å². The van der Waals surface area contributed by atoms with Gasteiger partial charge in [-0.3, -0.25) is 0 Å². The molecule has 2 atom stereocenters. The molecule has 0 aromatic carbocycles. The van der Waals surface area contributed by atoms with Crippen LogP contribution >= 0.6 is 0 Å². The topological polar surface area (TPSA) is 35.5 Å². The second-order valence-electron chi connectivity index (χ2n) is 6.21. The zero-order valence-electron chi connectivity index (χ0n) is 14.3. The third-order valence-electron chi connectivity index (χ3n) is 4.14. The number of allylic oxidation sites excluding steroid dienone is 2. The fourth-order valence-electron chi connectivity index (χ4n) is 2.77. The fourth-order valence-corrected chi connectivity index (χ4v) is 2.77. The van der Waals surface area contributed by atoms with Crippen LogP contribution in [0.5, 0.6) is 0 Å². The monoisotopic (exact) mass is 310 g/mol. The van der Waals surface area contributed by atoms with E-state index in [1.165, 1.54) is 38.5 Å². The highest BCUT2D eigenvalue weighted by molar-refractivity contribution is 5.50. The molecule has 3 nitrogen and oxygen atoms in total. The highest BCUT2D eigenvalue weighted by Crippen LogP contribution is 2.18. The maximum Gasteiger partial charge on any atom is 0.157 e. The van der Waals surface area contributed by atoms with Crippen molar-refractivity contribution < 1.29 is 14.3 Å². The zero-order valence-corrected chi connectivity index (χ0v) is 14.3. The van der Waals surface area contributed by atoms with Crippen molar-refractivity contribution in [2.24, 2.45) is 0 Å². The second-order valence-corrected chi connectivity index (χ2v) is 6.21. The Balaban J connectivity index is 2.08. The van der Waals surface area contributed by atoms with Crippen LogP contribution in [0.1, 0.15) is 84.0 Å². The Labute approximate surface area is 136 Å². The van der Waals surface area contributed by atoms with Gasteiger partial charge in [-0.25, -0.2) is 0 Å². The van der Waals surface area contributed by atoms with Crippen molar-refractivity contribution in [3.63, 3.8) is 0 Å². The molecule has 1 rings (SSSR count). The SMILES string of the molecule is CCCCCCCC=CCCC(CC=O)O[C@@H]1CCCCO1. The van der Waals surface area contributed by atoms with Gasteiger partial charge in [0.1, 0.15) is 6.29 Å². The summed E-state index contributed by atoms with van der Waals surface area (Å²) in [5.74, 6) is 0. The number of ether oxygens (including phenoxy) is 2. The molecule has 1 saturated heterocycles. The van der Waals surface area contributed by atoms with E-state index in [4.69, 9.17) is 9.47 Å². The number of aldehydes is 1. The van der Waals surface area contributed by atoms with Gasteiger partial charge < -0.3 is 14.3 Å². The molecule has 1 aliphatic heterocycles. The molecular weight excluding hydrogens is 276 g/mol. The van der Waals surface area contributed by atoms with E-state index in [0.29, 0.717) is 6.42 Å². The summed E-state index contributed by atoms with van der Waals surface area (Å²) in [6, 6.07) is 0. The lowest BCUT2D eigenvalue weighted by Gasteiger charge is -2.26. The Morgan fingerprint density at radius 1 is 1.14 bits per heavy atom. The molecule has 1 fully saturated rings. The summed E-state index contributed by atoms with van der Waals surface area (Å²) >= 11 is 0. The van der Waals surface area contributed by atoms with Crippen molar-refractivity contribution >= 4 is 6.29 Å². The van der Waals surface area contributed by atoms with Gasteiger partial charge in [-0.15, -0.1) is 0 Å². The minimum atomic E-state index is -0.0961. The van der Waals surface area contributed by atoms with E-state index in [9.17, 15) is 4.79 Å². The third kappa shape index (κ3) is 10.1. The minimum Gasteiger partial charge on any atom is -0.353 e. The maximum atomic E-state index is 10.8. The average Bonchev–Trinajstić information content (AvgIpc) is 2.54. The number of unbranched alkanes of at least 4 members (excludes halogenated alkanes) is 5. The summed E-state index contributed by atoms with van der Waals surface area (Å²) in [6.07, 6.45) is 18.8. The van der Waals surface area contributed by atoms with Crippen molar-refractivity contribution in [2.45, 2.75) is 96.4 Å². The minimum absolute atomic E-state index is 0.00908. The van der Waals surface area contributed by atoms with E-state index >= 15 is 0 Å². The molecule has 0 saturated carbocycles. The molecule has 0 spiro atoms. The van der Waals surface area contributed by atoms with E-state index in [1.807, 2.05) is 0 Å². The predicted octanol–water partition coefficient (Wildman–Crippen LogP) is 5.18. The molecule has 0 bridgehead atoms. The lowest BCUT2D eigenvalue weighted by atomic mass is 10.1. The van der Waals surface area contributed by atoms with Crippen molar-refractivity contribution in [2.75, 3.05) is 6.61 Å². The van der Waals surface area contributed by atoms with Crippen LogP contribution in [0.2, 0.25) is 0 Å². The fraction of sp³-hybridized carbons (Fsp3) is 0.842. The summed E-state index contributed by atoms with van der Waals surface area (Å²) in [5.41, 5.74) is 0. The van der Waals surface area contributed by atoms with Crippen LogP contribution < -0.4 is 0 Å². The summed E-state index contributed by atoms with van der Waals surface area (Å²) in [5, 5.41) is 0. The average molecular weight is 310 g/mol. The summed E-state index contributed by atoms with van der Waals surface area (Å²) < 4.78 is 11.5. The maximum absolute atomic E-state index is 10.8. The van der Waals surface area contributed by atoms with Gasteiger partial charge in [0.25, 0.3) is 0 Å². The molecule has 1 aliphatic rings. The van der Waals surface area contributed by atoms with E-state index in [-0.39, 0.29) is 12.4 Å². The van der Waals surface area contributed by atoms with E-state index < -0.39 is 0 Å². The van der Waals surface area contributed by atoms with E-state index in [2.05, 4.69) is 19.1 Å². The molecule has 3 heteroatoms. The molecule has 0 aliphatic carbocycles. The molecule has 22 heavy (non-hydrogen) atoms. The van der Waals surface area contributed by atoms with Gasteiger partial charge in [0.2, 0.25) is 0 Å². The molecule has 0 aromatic rings. The van der Waals surface area contributed by atoms with Gasteiger partial charge in [0.05, 0.1) is 6.10 Å². The highest BCUT2D eigenvalue weighted by atomic mass is 16.7. The molecule has 0 radical (unpaired) electrons. The van der Waals surface area contributed by atoms with E-state index in [0.717, 1.165) is 45.0 Å². The normalized spacial score (nSPS) is 20.3. The Bertz CT molecular complexity index is 282. The Hall–Kier alpha value is -0.670. The summed E-state index contributed by atoms with van der Waals surface area (Å²) in [7, 11) is 0. The molecule has 1 unspecified atom stereocenters. The van der Waals surface area contributed by atoms with Crippen LogP contribution in [0.25, 0.3) is 0 Å². The van der Waals surface area contributed by atoms with Crippen LogP contribution in [0.15, 0.2) is 12.2 Å². The number of carbonyl (C=O) groups is 1. The quantitative estimate of drug-likeness (QED) is 0.267.